The number of nitrogens with zero attached hydrogens (tertiary/aromatic N) is 2. The molecule has 0 bridgehead atoms. The molecule has 0 radical (unpaired) electrons. The lowest BCUT2D eigenvalue weighted by Crippen LogP contribution is -2.38. The summed E-state index contributed by atoms with van der Waals surface area (Å²) < 4.78 is 43.5. The van der Waals surface area contributed by atoms with E-state index in [0.29, 0.717) is 24.6 Å². The van der Waals surface area contributed by atoms with Gasteiger partial charge in [-0.3, -0.25) is 0 Å². The average molecular weight is 496 g/mol. The van der Waals surface area contributed by atoms with Gasteiger partial charge in [-0.25, -0.2) is 4.99 Å². The van der Waals surface area contributed by atoms with E-state index in [4.69, 9.17) is 4.52 Å². The van der Waals surface area contributed by atoms with Crippen LogP contribution in [0.4, 0.5) is 13.2 Å². The van der Waals surface area contributed by atoms with Gasteiger partial charge in [-0.2, -0.15) is 13.2 Å². The SMILES string of the molecule is CCNC(=NCc1cccc(C(F)(F)F)c1)NCCc1c(C)noc1C.I. The number of rotatable bonds is 6. The van der Waals surface area contributed by atoms with Crippen molar-refractivity contribution in [3.8, 4) is 0 Å². The first-order chi connectivity index (χ1) is 12.3. The monoisotopic (exact) mass is 496 g/mol. The highest BCUT2D eigenvalue weighted by atomic mass is 127. The largest absolute Gasteiger partial charge is 0.416 e. The van der Waals surface area contributed by atoms with Gasteiger partial charge in [0, 0.05) is 18.7 Å². The summed E-state index contributed by atoms with van der Waals surface area (Å²) in [5.41, 5.74) is 1.74. The fourth-order valence-corrected chi connectivity index (χ4v) is 2.52. The van der Waals surface area contributed by atoms with Gasteiger partial charge in [-0.1, -0.05) is 17.3 Å². The second-order valence-electron chi connectivity index (χ2n) is 5.87. The van der Waals surface area contributed by atoms with Crippen molar-refractivity contribution in [2.45, 2.75) is 39.9 Å². The maximum atomic E-state index is 12.8. The Morgan fingerprint density at radius 1 is 1.22 bits per heavy atom. The van der Waals surface area contributed by atoms with Crippen LogP contribution in [0.15, 0.2) is 33.8 Å². The molecule has 0 saturated carbocycles. The van der Waals surface area contributed by atoms with Crippen LogP contribution < -0.4 is 10.6 Å². The van der Waals surface area contributed by atoms with Crippen LogP contribution >= 0.6 is 24.0 Å². The van der Waals surface area contributed by atoms with Gasteiger partial charge in [0.15, 0.2) is 5.96 Å². The zero-order valence-electron chi connectivity index (χ0n) is 15.5. The summed E-state index contributed by atoms with van der Waals surface area (Å²) in [6.07, 6.45) is -3.63. The van der Waals surface area contributed by atoms with Crippen LogP contribution in [0.3, 0.4) is 0 Å². The Hall–Kier alpha value is -1.78. The van der Waals surface area contributed by atoms with Crippen molar-refractivity contribution >= 4 is 29.9 Å². The summed E-state index contributed by atoms with van der Waals surface area (Å²) in [7, 11) is 0. The van der Waals surface area contributed by atoms with Crippen molar-refractivity contribution < 1.29 is 17.7 Å². The Bertz CT molecular complexity index is 740. The number of hydrogen-bond acceptors (Lipinski definition) is 3. The minimum absolute atomic E-state index is 0. The third-order valence-corrected chi connectivity index (χ3v) is 3.87. The normalized spacial score (nSPS) is 11.9. The van der Waals surface area contributed by atoms with Crippen molar-refractivity contribution in [2.24, 2.45) is 4.99 Å². The molecule has 0 saturated heterocycles. The quantitative estimate of drug-likeness (QED) is 0.357. The third kappa shape index (κ3) is 7.04. The highest BCUT2D eigenvalue weighted by molar-refractivity contribution is 14.0. The lowest BCUT2D eigenvalue weighted by molar-refractivity contribution is -0.137. The number of hydrogen-bond donors (Lipinski definition) is 2. The van der Waals surface area contributed by atoms with Crippen LogP contribution in [-0.2, 0) is 19.1 Å². The van der Waals surface area contributed by atoms with Crippen LogP contribution in [0.2, 0.25) is 0 Å². The van der Waals surface area contributed by atoms with E-state index in [-0.39, 0.29) is 30.5 Å². The van der Waals surface area contributed by atoms with E-state index in [1.54, 1.807) is 6.07 Å². The topological polar surface area (TPSA) is 62.5 Å². The molecular weight excluding hydrogens is 472 g/mol. The molecule has 9 heteroatoms. The first kappa shape index (κ1) is 23.3. The number of nitrogens with one attached hydrogen (secondary N) is 2. The second-order valence-corrected chi connectivity index (χ2v) is 5.87. The van der Waals surface area contributed by atoms with Gasteiger partial charge in [0.1, 0.15) is 5.76 Å². The Morgan fingerprint density at radius 2 is 1.96 bits per heavy atom. The molecule has 150 valence electrons. The summed E-state index contributed by atoms with van der Waals surface area (Å²) in [4.78, 5) is 4.36. The van der Waals surface area contributed by atoms with Crippen LogP contribution in [0.1, 0.15) is 35.1 Å². The molecule has 2 aromatic rings. The van der Waals surface area contributed by atoms with E-state index in [1.165, 1.54) is 6.07 Å². The first-order valence-electron chi connectivity index (χ1n) is 8.41. The minimum Gasteiger partial charge on any atom is -0.361 e. The fourth-order valence-electron chi connectivity index (χ4n) is 2.52. The lowest BCUT2D eigenvalue weighted by Gasteiger charge is -2.12. The molecule has 0 atom stereocenters. The molecule has 0 aliphatic heterocycles. The number of guanidine groups is 1. The third-order valence-electron chi connectivity index (χ3n) is 3.87. The molecule has 5 nitrogen and oxygen atoms in total. The Balaban J connectivity index is 0.00000364. The molecule has 0 aliphatic carbocycles. The number of aliphatic imine (C=N–C) groups is 1. The number of aromatic nitrogens is 1. The molecule has 0 unspecified atom stereocenters. The second kappa shape index (κ2) is 10.5. The van der Waals surface area contributed by atoms with Gasteiger partial charge in [0.2, 0.25) is 0 Å². The molecule has 1 aromatic carbocycles. The highest BCUT2D eigenvalue weighted by Crippen LogP contribution is 2.29. The summed E-state index contributed by atoms with van der Waals surface area (Å²) >= 11 is 0. The molecule has 1 heterocycles. The Labute approximate surface area is 173 Å². The number of benzene rings is 1. The van der Waals surface area contributed by atoms with E-state index in [0.717, 1.165) is 35.6 Å². The Morgan fingerprint density at radius 3 is 2.56 bits per heavy atom. The predicted molar refractivity (Wildman–Crippen MR) is 109 cm³/mol. The van der Waals surface area contributed by atoms with Gasteiger partial charge < -0.3 is 15.2 Å². The average Bonchev–Trinajstić information content (AvgIpc) is 2.91. The first-order valence-corrected chi connectivity index (χ1v) is 8.41. The molecular formula is C18H24F3IN4O. The van der Waals surface area contributed by atoms with Gasteiger partial charge in [0.25, 0.3) is 0 Å². The van der Waals surface area contributed by atoms with Crippen LogP contribution in [0.25, 0.3) is 0 Å². The van der Waals surface area contributed by atoms with E-state index < -0.39 is 11.7 Å². The summed E-state index contributed by atoms with van der Waals surface area (Å²) in [6, 6.07) is 5.20. The standard InChI is InChI=1S/C18H23F3N4O.HI/c1-4-22-17(23-9-8-16-12(2)25-26-13(16)3)24-11-14-6-5-7-15(10-14)18(19,20)21;/h5-7,10H,4,8-9,11H2,1-3H3,(H2,22,23,24);1H. The van der Waals surface area contributed by atoms with Crippen LogP contribution in [0.5, 0.6) is 0 Å². The van der Waals surface area contributed by atoms with E-state index in [1.807, 2.05) is 20.8 Å². The zero-order valence-corrected chi connectivity index (χ0v) is 17.8. The summed E-state index contributed by atoms with van der Waals surface area (Å²) in [5.74, 6) is 1.34. The molecule has 2 rings (SSSR count). The molecule has 27 heavy (non-hydrogen) atoms. The van der Waals surface area contributed by atoms with Gasteiger partial charge in [-0.05, 0) is 44.9 Å². The molecule has 0 fully saturated rings. The van der Waals surface area contributed by atoms with Crippen molar-refractivity contribution in [3.63, 3.8) is 0 Å². The zero-order chi connectivity index (χ0) is 19.2. The number of halogens is 4. The van der Waals surface area contributed by atoms with Gasteiger partial charge in [0.05, 0.1) is 17.8 Å². The Kier molecular flexibility index (Phi) is 9.07. The van der Waals surface area contributed by atoms with E-state index in [2.05, 4.69) is 20.8 Å². The molecule has 1 aromatic heterocycles. The van der Waals surface area contributed by atoms with Crippen molar-refractivity contribution in [3.05, 3.63) is 52.4 Å². The van der Waals surface area contributed by atoms with Crippen LogP contribution in [0, 0.1) is 13.8 Å². The molecule has 0 spiro atoms. The van der Waals surface area contributed by atoms with E-state index >= 15 is 0 Å². The number of aryl methyl sites for hydroxylation is 2. The summed E-state index contributed by atoms with van der Waals surface area (Å²) in [5, 5.41) is 10.2. The van der Waals surface area contributed by atoms with Crippen LogP contribution in [-0.4, -0.2) is 24.2 Å². The van der Waals surface area contributed by atoms with E-state index in [9.17, 15) is 13.2 Å². The number of alkyl halides is 3. The maximum Gasteiger partial charge on any atom is 0.416 e. The lowest BCUT2D eigenvalue weighted by atomic mass is 10.1. The molecule has 0 aliphatic rings. The smallest absolute Gasteiger partial charge is 0.361 e. The van der Waals surface area contributed by atoms with Crippen molar-refractivity contribution in [2.75, 3.05) is 13.1 Å². The van der Waals surface area contributed by atoms with Gasteiger partial charge in [-0.15, -0.1) is 24.0 Å². The van der Waals surface area contributed by atoms with Crippen molar-refractivity contribution in [1.29, 1.82) is 0 Å². The van der Waals surface area contributed by atoms with Crippen molar-refractivity contribution in [1.82, 2.24) is 15.8 Å². The maximum absolute atomic E-state index is 12.8. The van der Waals surface area contributed by atoms with Gasteiger partial charge >= 0.3 is 6.18 Å². The fraction of sp³-hybridized carbons (Fsp3) is 0.444. The summed E-state index contributed by atoms with van der Waals surface area (Å²) in [6.45, 7) is 7.10. The molecule has 0 amide bonds. The minimum atomic E-state index is -4.35. The predicted octanol–water partition coefficient (Wildman–Crippen LogP) is 4.23. The molecule has 2 N–H and O–H groups in total. The highest BCUT2D eigenvalue weighted by Gasteiger charge is 2.30.